The van der Waals surface area contributed by atoms with Gasteiger partial charge < -0.3 is 16.2 Å². The fourth-order valence-electron chi connectivity index (χ4n) is 1.74. The van der Waals surface area contributed by atoms with Crippen LogP contribution in [0.3, 0.4) is 0 Å². The van der Waals surface area contributed by atoms with Crippen LogP contribution in [0.1, 0.15) is 5.56 Å². The Bertz CT molecular complexity index is 539. The molecule has 100 valence electrons. The van der Waals surface area contributed by atoms with Crippen molar-refractivity contribution in [1.82, 2.24) is 15.5 Å². The van der Waals surface area contributed by atoms with E-state index in [1.165, 1.54) is 0 Å². The second-order valence-corrected chi connectivity index (χ2v) is 4.19. The topological polar surface area (TPSA) is 104 Å². The van der Waals surface area contributed by atoms with Gasteiger partial charge in [-0.3, -0.25) is 9.89 Å². The van der Waals surface area contributed by atoms with Crippen molar-refractivity contribution in [1.29, 1.82) is 0 Å². The van der Waals surface area contributed by atoms with Gasteiger partial charge in [0.2, 0.25) is 5.91 Å². The van der Waals surface area contributed by atoms with Crippen molar-refractivity contribution >= 4 is 5.91 Å². The van der Waals surface area contributed by atoms with Gasteiger partial charge in [-0.25, -0.2) is 0 Å². The number of amides is 1. The summed E-state index contributed by atoms with van der Waals surface area (Å²) in [6.45, 7) is 0.611. The van der Waals surface area contributed by atoms with Crippen LogP contribution in [0.4, 0.5) is 0 Å². The molecular formula is C13H16N4O2. The molecule has 0 aliphatic rings. The maximum atomic E-state index is 10.7. The van der Waals surface area contributed by atoms with Crippen molar-refractivity contribution in [2.75, 3.05) is 6.54 Å². The summed E-state index contributed by atoms with van der Waals surface area (Å²) in [6, 6.07) is 9.81. The van der Waals surface area contributed by atoms with E-state index in [0.717, 1.165) is 16.8 Å². The van der Waals surface area contributed by atoms with Gasteiger partial charge in [0.1, 0.15) is 6.10 Å². The molecule has 0 fully saturated rings. The number of primary amides is 1. The number of rotatable bonds is 6. The monoisotopic (exact) mass is 260 g/mol. The molecule has 6 nitrogen and oxygen atoms in total. The molecule has 0 aliphatic carbocycles. The number of aliphatic hydroxyl groups is 1. The minimum absolute atomic E-state index is 0.120. The van der Waals surface area contributed by atoms with E-state index >= 15 is 0 Å². The van der Waals surface area contributed by atoms with Gasteiger partial charge in [-0.15, -0.1) is 0 Å². The molecule has 0 saturated carbocycles. The Morgan fingerprint density at radius 3 is 2.84 bits per heavy atom. The van der Waals surface area contributed by atoms with Crippen LogP contribution in [0.15, 0.2) is 36.5 Å². The van der Waals surface area contributed by atoms with Gasteiger partial charge in [0, 0.05) is 18.7 Å². The number of aromatic amines is 1. The number of carbonyl (C=O) groups is 1. The zero-order chi connectivity index (χ0) is 13.7. The first-order valence-corrected chi connectivity index (χ1v) is 5.94. The predicted octanol–water partition coefficient (Wildman–Crippen LogP) is 0.0125. The smallest absolute Gasteiger partial charge is 0.247 e. The van der Waals surface area contributed by atoms with Crippen LogP contribution in [0, 0.1) is 0 Å². The highest BCUT2D eigenvalue weighted by atomic mass is 16.3. The fraction of sp³-hybridized carbons (Fsp3) is 0.231. The third-order valence-corrected chi connectivity index (χ3v) is 2.76. The summed E-state index contributed by atoms with van der Waals surface area (Å²) < 4.78 is 0. The first kappa shape index (κ1) is 13.3. The van der Waals surface area contributed by atoms with Crippen molar-refractivity contribution in [2.45, 2.75) is 12.6 Å². The number of nitrogens with zero attached hydrogens (tertiary/aromatic N) is 1. The molecule has 1 atom stereocenters. The van der Waals surface area contributed by atoms with Gasteiger partial charge in [-0.1, -0.05) is 30.3 Å². The summed E-state index contributed by atoms with van der Waals surface area (Å²) in [6.07, 6.45) is 0.540. The molecule has 0 saturated heterocycles. The Hall–Kier alpha value is -2.18. The number of aromatic nitrogens is 2. The number of H-pyrrole nitrogens is 1. The lowest BCUT2D eigenvalue weighted by Gasteiger charge is -2.08. The summed E-state index contributed by atoms with van der Waals surface area (Å²) in [5, 5.41) is 19.2. The number of carbonyl (C=O) groups excluding carboxylic acids is 1. The predicted molar refractivity (Wildman–Crippen MR) is 70.9 cm³/mol. The average molecular weight is 260 g/mol. The number of aliphatic hydroxyl groups excluding tert-OH is 1. The average Bonchev–Trinajstić information content (AvgIpc) is 2.88. The third kappa shape index (κ3) is 3.40. The lowest BCUT2D eigenvalue weighted by Crippen LogP contribution is -2.37. The normalized spacial score (nSPS) is 12.3. The van der Waals surface area contributed by atoms with Crippen LogP contribution in [-0.4, -0.2) is 33.9 Å². The van der Waals surface area contributed by atoms with Gasteiger partial charge in [0.05, 0.1) is 11.9 Å². The lowest BCUT2D eigenvalue weighted by atomic mass is 10.1. The largest absolute Gasteiger partial charge is 0.382 e. The highest BCUT2D eigenvalue weighted by Gasteiger charge is 2.11. The lowest BCUT2D eigenvalue weighted by molar-refractivity contribution is -0.125. The molecule has 1 unspecified atom stereocenters. The Morgan fingerprint density at radius 1 is 1.42 bits per heavy atom. The molecule has 0 bridgehead atoms. The molecule has 2 aromatic rings. The maximum absolute atomic E-state index is 10.7. The molecule has 0 aliphatic heterocycles. The van der Waals surface area contributed by atoms with Gasteiger partial charge in [0.15, 0.2) is 0 Å². The summed E-state index contributed by atoms with van der Waals surface area (Å²) >= 11 is 0. The molecule has 0 radical (unpaired) electrons. The van der Waals surface area contributed by atoms with E-state index in [1.54, 1.807) is 6.20 Å². The standard InChI is InChI=1S/C13H16N4O2/c14-13(19)11(18)8-15-6-10-7-16-17-12(10)9-4-2-1-3-5-9/h1-5,7,11,15,18H,6,8H2,(H2,14,19)(H,16,17). The van der Waals surface area contributed by atoms with E-state index in [-0.39, 0.29) is 6.54 Å². The second-order valence-electron chi connectivity index (χ2n) is 4.19. The highest BCUT2D eigenvalue weighted by Crippen LogP contribution is 2.20. The molecule has 2 rings (SSSR count). The summed E-state index contributed by atoms with van der Waals surface area (Å²) in [5.74, 6) is -0.733. The maximum Gasteiger partial charge on any atom is 0.247 e. The van der Waals surface area contributed by atoms with Crippen molar-refractivity contribution in [2.24, 2.45) is 5.73 Å². The number of nitrogens with two attached hydrogens (primary N) is 1. The zero-order valence-corrected chi connectivity index (χ0v) is 10.3. The highest BCUT2D eigenvalue weighted by molar-refractivity contribution is 5.78. The minimum Gasteiger partial charge on any atom is -0.382 e. The Kier molecular flexibility index (Phi) is 4.27. The van der Waals surface area contributed by atoms with Crippen molar-refractivity contribution in [3.8, 4) is 11.3 Å². The molecule has 19 heavy (non-hydrogen) atoms. The van der Waals surface area contributed by atoms with Crippen LogP contribution in [0.2, 0.25) is 0 Å². The number of nitrogens with one attached hydrogen (secondary N) is 2. The number of hydrogen-bond acceptors (Lipinski definition) is 4. The van der Waals surface area contributed by atoms with E-state index in [4.69, 9.17) is 5.73 Å². The van der Waals surface area contributed by atoms with Gasteiger partial charge >= 0.3 is 0 Å². The third-order valence-electron chi connectivity index (χ3n) is 2.76. The quantitative estimate of drug-likeness (QED) is 0.587. The van der Waals surface area contributed by atoms with Crippen molar-refractivity contribution < 1.29 is 9.90 Å². The molecule has 1 aromatic heterocycles. The van der Waals surface area contributed by atoms with Crippen LogP contribution < -0.4 is 11.1 Å². The van der Waals surface area contributed by atoms with Crippen LogP contribution >= 0.6 is 0 Å². The molecule has 0 spiro atoms. The number of benzene rings is 1. The minimum atomic E-state index is -1.17. The molecule has 5 N–H and O–H groups in total. The Morgan fingerprint density at radius 2 is 2.16 bits per heavy atom. The second kappa shape index (κ2) is 6.12. The van der Waals surface area contributed by atoms with Gasteiger partial charge in [0.25, 0.3) is 0 Å². The molecule has 6 heteroatoms. The van der Waals surface area contributed by atoms with E-state index in [0.29, 0.717) is 6.54 Å². The van der Waals surface area contributed by atoms with Gasteiger partial charge in [-0.2, -0.15) is 5.10 Å². The molecule has 1 heterocycles. The first-order chi connectivity index (χ1) is 9.18. The van der Waals surface area contributed by atoms with Crippen LogP contribution in [0.25, 0.3) is 11.3 Å². The van der Waals surface area contributed by atoms with E-state index in [1.807, 2.05) is 30.3 Å². The van der Waals surface area contributed by atoms with E-state index in [2.05, 4.69) is 15.5 Å². The van der Waals surface area contributed by atoms with Crippen LogP contribution in [0.5, 0.6) is 0 Å². The molecular weight excluding hydrogens is 244 g/mol. The Balaban J connectivity index is 1.99. The number of hydrogen-bond donors (Lipinski definition) is 4. The summed E-state index contributed by atoms with van der Waals surface area (Å²) in [5.41, 5.74) is 7.88. The summed E-state index contributed by atoms with van der Waals surface area (Å²) in [7, 11) is 0. The van der Waals surface area contributed by atoms with E-state index in [9.17, 15) is 9.90 Å². The van der Waals surface area contributed by atoms with Crippen LogP contribution in [-0.2, 0) is 11.3 Å². The Labute approximate surface area is 110 Å². The van der Waals surface area contributed by atoms with Gasteiger partial charge in [-0.05, 0) is 5.56 Å². The SMILES string of the molecule is NC(=O)C(O)CNCc1cn[nH]c1-c1ccccc1. The van der Waals surface area contributed by atoms with Crippen molar-refractivity contribution in [3.05, 3.63) is 42.1 Å². The van der Waals surface area contributed by atoms with Crippen molar-refractivity contribution in [3.63, 3.8) is 0 Å². The molecule has 1 amide bonds. The zero-order valence-electron chi connectivity index (χ0n) is 10.3. The first-order valence-electron chi connectivity index (χ1n) is 5.94. The molecule has 1 aromatic carbocycles. The van der Waals surface area contributed by atoms with E-state index < -0.39 is 12.0 Å². The fourth-order valence-corrected chi connectivity index (χ4v) is 1.74. The summed E-state index contributed by atoms with van der Waals surface area (Å²) in [4.78, 5) is 10.7.